The summed E-state index contributed by atoms with van der Waals surface area (Å²) in [5.41, 5.74) is 1.56. The molecule has 3 aliphatic rings. The van der Waals surface area contributed by atoms with E-state index in [-0.39, 0.29) is 0 Å². The maximum atomic E-state index is 4.98. The number of rotatable bonds is 0. The highest BCUT2D eigenvalue weighted by atomic mass is 14.9. The molecule has 2 aliphatic carbocycles. The smallest absolute Gasteiger partial charge is 0.0543 e. The summed E-state index contributed by atoms with van der Waals surface area (Å²) >= 11 is 0. The molecule has 0 spiro atoms. The van der Waals surface area contributed by atoms with Gasteiger partial charge in [-0.2, -0.15) is 0 Å². The lowest BCUT2D eigenvalue weighted by molar-refractivity contribution is 0.334. The van der Waals surface area contributed by atoms with Gasteiger partial charge in [-0.05, 0) is 32.1 Å². The van der Waals surface area contributed by atoms with E-state index in [0.717, 1.165) is 24.7 Å². The molecule has 0 radical (unpaired) electrons. The molecule has 15 heavy (non-hydrogen) atoms. The molecule has 1 heteroatoms. The zero-order chi connectivity index (χ0) is 10.1. The Labute approximate surface area is 92.4 Å². The van der Waals surface area contributed by atoms with E-state index in [1.54, 1.807) is 5.71 Å². The fourth-order valence-electron chi connectivity index (χ4n) is 3.46. The topological polar surface area (TPSA) is 12.4 Å². The van der Waals surface area contributed by atoms with Crippen LogP contribution < -0.4 is 0 Å². The quantitative estimate of drug-likeness (QED) is 0.534. The highest BCUT2D eigenvalue weighted by Gasteiger charge is 2.38. The Hall–Kier alpha value is -0.770. The van der Waals surface area contributed by atoms with Crippen LogP contribution >= 0.6 is 0 Å². The molecule has 0 aromatic heterocycles. The molecule has 0 aromatic rings. The molecule has 3 unspecified atom stereocenters. The van der Waals surface area contributed by atoms with Crippen molar-refractivity contribution in [3.8, 4) is 11.8 Å². The summed E-state index contributed by atoms with van der Waals surface area (Å²) in [6, 6.07) is 0.637. The van der Waals surface area contributed by atoms with E-state index >= 15 is 0 Å². The van der Waals surface area contributed by atoms with Crippen LogP contribution in [0.15, 0.2) is 4.99 Å². The van der Waals surface area contributed by atoms with E-state index in [1.165, 1.54) is 38.5 Å². The normalized spacial score (nSPS) is 38.9. The van der Waals surface area contributed by atoms with E-state index in [2.05, 4.69) is 11.8 Å². The van der Waals surface area contributed by atoms with Gasteiger partial charge in [-0.15, -0.1) is 11.8 Å². The van der Waals surface area contributed by atoms with E-state index in [9.17, 15) is 0 Å². The van der Waals surface area contributed by atoms with Crippen LogP contribution in [-0.4, -0.2) is 11.8 Å². The summed E-state index contributed by atoms with van der Waals surface area (Å²) < 4.78 is 0. The van der Waals surface area contributed by atoms with E-state index in [1.807, 2.05) is 0 Å². The molecule has 0 bridgehead atoms. The van der Waals surface area contributed by atoms with Crippen LogP contribution in [0.25, 0.3) is 0 Å². The van der Waals surface area contributed by atoms with Crippen molar-refractivity contribution in [3.63, 3.8) is 0 Å². The van der Waals surface area contributed by atoms with Gasteiger partial charge in [-0.1, -0.05) is 6.42 Å². The van der Waals surface area contributed by atoms with Crippen molar-refractivity contribution in [1.29, 1.82) is 0 Å². The van der Waals surface area contributed by atoms with Gasteiger partial charge in [-0.3, -0.25) is 4.99 Å². The van der Waals surface area contributed by atoms with Crippen LogP contribution in [0.2, 0.25) is 0 Å². The van der Waals surface area contributed by atoms with Crippen LogP contribution in [0.4, 0.5) is 0 Å². The molecule has 1 heterocycles. The van der Waals surface area contributed by atoms with Gasteiger partial charge in [0.25, 0.3) is 0 Å². The third-order valence-electron chi connectivity index (χ3n) is 4.23. The summed E-state index contributed by atoms with van der Waals surface area (Å²) in [7, 11) is 0. The monoisotopic (exact) mass is 201 g/mol. The van der Waals surface area contributed by atoms with Gasteiger partial charge >= 0.3 is 0 Å². The summed E-state index contributed by atoms with van der Waals surface area (Å²) in [5, 5.41) is 0. The van der Waals surface area contributed by atoms with Gasteiger partial charge in [0.1, 0.15) is 0 Å². The Balaban J connectivity index is 1.83. The number of hydrogen-bond donors (Lipinski definition) is 0. The van der Waals surface area contributed by atoms with Crippen LogP contribution in [0.1, 0.15) is 51.4 Å². The summed E-state index contributed by atoms with van der Waals surface area (Å²) in [5.74, 6) is 8.26. The largest absolute Gasteiger partial charge is 0.290 e. The third kappa shape index (κ3) is 1.71. The van der Waals surface area contributed by atoms with Crippen LogP contribution in [-0.2, 0) is 0 Å². The van der Waals surface area contributed by atoms with Crippen LogP contribution in [0.3, 0.4) is 0 Å². The maximum Gasteiger partial charge on any atom is 0.0543 e. The van der Waals surface area contributed by atoms with Gasteiger partial charge in [-0.25, -0.2) is 0 Å². The Morgan fingerprint density at radius 1 is 1.07 bits per heavy atom. The van der Waals surface area contributed by atoms with Crippen LogP contribution in [0, 0.1) is 23.7 Å². The highest BCUT2D eigenvalue weighted by Crippen LogP contribution is 2.40. The van der Waals surface area contributed by atoms with Crippen molar-refractivity contribution in [2.24, 2.45) is 16.8 Å². The Bertz CT molecular complexity index is 331. The average Bonchev–Trinajstić information content (AvgIpc) is 2.55. The summed E-state index contributed by atoms with van der Waals surface area (Å²) in [6.45, 7) is 0. The maximum absolute atomic E-state index is 4.98. The van der Waals surface area contributed by atoms with E-state index < -0.39 is 0 Å². The lowest BCUT2D eigenvalue weighted by Gasteiger charge is -2.26. The van der Waals surface area contributed by atoms with Gasteiger partial charge in [0.2, 0.25) is 0 Å². The van der Waals surface area contributed by atoms with Crippen molar-refractivity contribution in [2.45, 2.75) is 57.4 Å². The van der Waals surface area contributed by atoms with Crippen molar-refractivity contribution in [2.75, 3.05) is 0 Å². The minimum atomic E-state index is 0.637. The molecular weight excluding hydrogens is 182 g/mol. The first-order chi connectivity index (χ1) is 7.45. The summed E-state index contributed by atoms with van der Waals surface area (Å²) in [6.07, 6.45) is 10.2. The fraction of sp³-hybridized carbons (Fsp3) is 0.786. The van der Waals surface area contributed by atoms with Gasteiger partial charge in [0.15, 0.2) is 0 Å². The first-order valence-electron chi connectivity index (χ1n) is 6.47. The van der Waals surface area contributed by atoms with E-state index in [4.69, 9.17) is 4.99 Å². The second-order valence-electron chi connectivity index (χ2n) is 5.15. The molecule has 1 aliphatic heterocycles. The molecular formula is C14H19N. The molecule has 0 saturated heterocycles. The highest BCUT2D eigenvalue weighted by molar-refractivity contribution is 5.89. The van der Waals surface area contributed by atoms with Crippen LogP contribution in [0.5, 0.6) is 0 Å². The average molecular weight is 201 g/mol. The molecule has 80 valence electrons. The number of fused-ring (bicyclic) bond motifs is 3. The van der Waals surface area contributed by atoms with Crippen molar-refractivity contribution in [1.82, 2.24) is 0 Å². The molecule has 1 nitrogen and oxygen atoms in total. The van der Waals surface area contributed by atoms with Crippen molar-refractivity contribution < 1.29 is 0 Å². The number of aliphatic imine (C=N–C) groups is 1. The standard InChI is InChI=1S/C14H19N/c1-2-4-9-13-11(7-3-1)12-8-5-6-10-14(12)15-13/h11-13H,2,4-10H2. The minimum Gasteiger partial charge on any atom is -0.290 e. The molecule has 0 aromatic carbocycles. The number of nitrogens with zero attached hydrogens (tertiary/aromatic N) is 1. The minimum absolute atomic E-state index is 0.637. The first kappa shape index (κ1) is 9.46. The predicted octanol–water partition coefficient (Wildman–Crippen LogP) is 3.19. The second-order valence-corrected chi connectivity index (χ2v) is 5.15. The zero-order valence-electron chi connectivity index (χ0n) is 9.34. The number of hydrogen-bond acceptors (Lipinski definition) is 1. The third-order valence-corrected chi connectivity index (χ3v) is 4.23. The lowest BCUT2D eigenvalue weighted by Crippen LogP contribution is -2.26. The van der Waals surface area contributed by atoms with Crippen molar-refractivity contribution >= 4 is 5.71 Å². The molecule has 3 atom stereocenters. The molecule has 3 rings (SSSR count). The Morgan fingerprint density at radius 2 is 2.07 bits per heavy atom. The predicted molar refractivity (Wildman–Crippen MR) is 62.9 cm³/mol. The fourth-order valence-corrected chi connectivity index (χ4v) is 3.46. The first-order valence-corrected chi connectivity index (χ1v) is 6.47. The Morgan fingerprint density at radius 3 is 3.07 bits per heavy atom. The van der Waals surface area contributed by atoms with Crippen molar-refractivity contribution in [3.05, 3.63) is 0 Å². The molecule has 1 saturated carbocycles. The SMILES string of the molecule is C1#CCC2C(CCC1)N=C1CCCCC12. The molecule has 0 N–H and O–H groups in total. The summed E-state index contributed by atoms with van der Waals surface area (Å²) in [4.78, 5) is 4.98. The zero-order valence-corrected chi connectivity index (χ0v) is 9.34. The van der Waals surface area contributed by atoms with Gasteiger partial charge in [0.05, 0.1) is 6.04 Å². The van der Waals surface area contributed by atoms with Gasteiger partial charge in [0, 0.05) is 30.4 Å². The Kier molecular flexibility index (Phi) is 2.52. The second kappa shape index (κ2) is 4.00. The van der Waals surface area contributed by atoms with E-state index in [0.29, 0.717) is 6.04 Å². The molecule has 0 amide bonds. The molecule has 1 fully saturated rings. The van der Waals surface area contributed by atoms with Gasteiger partial charge < -0.3 is 0 Å². The lowest BCUT2D eigenvalue weighted by atomic mass is 9.76.